The van der Waals surface area contributed by atoms with E-state index in [0.717, 1.165) is 19.3 Å². The van der Waals surface area contributed by atoms with Crippen LogP contribution in [0.2, 0.25) is 0 Å². The lowest BCUT2D eigenvalue weighted by molar-refractivity contribution is -0.148. The summed E-state index contributed by atoms with van der Waals surface area (Å²) in [6.45, 7) is 0. The van der Waals surface area contributed by atoms with Gasteiger partial charge in [-0.05, 0) is 31.1 Å². The molecule has 1 aromatic heterocycles. The molecule has 0 unspecified atom stereocenters. The summed E-state index contributed by atoms with van der Waals surface area (Å²) in [5, 5.41) is 19.8. The average Bonchev–Trinajstić information content (AvgIpc) is 3.03. The lowest BCUT2D eigenvalue weighted by Gasteiger charge is -2.26. The first-order valence-electron chi connectivity index (χ1n) is 5.96. The molecule has 7 heteroatoms. The normalized spacial score (nSPS) is 33.6. The molecule has 0 saturated heterocycles. The molecule has 2 N–H and O–H groups in total. The maximum absolute atomic E-state index is 12.2. The molecule has 0 aliphatic heterocycles. The fourth-order valence-corrected chi connectivity index (χ4v) is 3.89. The molecule has 6 nitrogen and oxygen atoms in total. The molecule has 4 atom stereocenters. The molecular formula is C11H13N3O3S. The van der Waals surface area contributed by atoms with Gasteiger partial charge in [-0.2, -0.15) is 0 Å². The Balaban J connectivity index is 1.78. The van der Waals surface area contributed by atoms with Gasteiger partial charge >= 0.3 is 5.97 Å². The third-order valence-electron chi connectivity index (χ3n) is 4.09. The van der Waals surface area contributed by atoms with Crippen LogP contribution in [0.1, 0.15) is 19.3 Å². The van der Waals surface area contributed by atoms with Crippen molar-refractivity contribution in [2.75, 3.05) is 5.32 Å². The van der Waals surface area contributed by atoms with Gasteiger partial charge < -0.3 is 10.4 Å². The molecule has 1 heterocycles. The second kappa shape index (κ2) is 4.31. The highest BCUT2D eigenvalue weighted by Gasteiger charge is 2.54. The van der Waals surface area contributed by atoms with Crippen molar-refractivity contribution in [1.82, 2.24) is 10.2 Å². The molecule has 0 spiro atoms. The second-order valence-corrected chi connectivity index (χ2v) is 5.79. The molecule has 0 aromatic carbocycles. The van der Waals surface area contributed by atoms with E-state index < -0.39 is 17.8 Å². The highest BCUT2D eigenvalue weighted by atomic mass is 32.1. The van der Waals surface area contributed by atoms with Crippen LogP contribution >= 0.6 is 11.3 Å². The van der Waals surface area contributed by atoms with Gasteiger partial charge in [0.1, 0.15) is 5.51 Å². The minimum absolute atomic E-state index is 0.165. The SMILES string of the molecule is O=C(Nc1nncs1)[C@@H]1[C@@H]2CC[C@@H](C2)[C@@H]1C(=O)O. The van der Waals surface area contributed by atoms with Crippen LogP contribution in [0, 0.1) is 23.7 Å². The van der Waals surface area contributed by atoms with Gasteiger partial charge in [0.05, 0.1) is 11.8 Å². The van der Waals surface area contributed by atoms with Crippen molar-refractivity contribution in [2.45, 2.75) is 19.3 Å². The Hall–Kier alpha value is -1.50. The van der Waals surface area contributed by atoms with Gasteiger partial charge in [-0.3, -0.25) is 9.59 Å². The van der Waals surface area contributed by atoms with Crippen LogP contribution in [-0.2, 0) is 9.59 Å². The molecule has 1 aromatic rings. The highest BCUT2D eigenvalue weighted by Crippen LogP contribution is 2.52. The van der Waals surface area contributed by atoms with Crippen LogP contribution in [0.15, 0.2) is 5.51 Å². The number of carboxylic acids is 1. The Bertz CT molecular complexity index is 476. The van der Waals surface area contributed by atoms with Gasteiger partial charge in [-0.1, -0.05) is 11.3 Å². The third-order valence-corrected chi connectivity index (χ3v) is 4.70. The fourth-order valence-electron chi connectivity index (χ4n) is 3.44. The predicted octanol–water partition coefficient (Wildman–Crippen LogP) is 1.22. The van der Waals surface area contributed by atoms with Crippen molar-refractivity contribution in [1.29, 1.82) is 0 Å². The van der Waals surface area contributed by atoms with Crippen LogP contribution in [0.25, 0.3) is 0 Å². The van der Waals surface area contributed by atoms with E-state index in [2.05, 4.69) is 15.5 Å². The van der Waals surface area contributed by atoms with Crippen molar-refractivity contribution in [2.24, 2.45) is 23.7 Å². The summed E-state index contributed by atoms with van der Waals surface area (Å²) in [7, 11) is 0. The van der Waals surface area contributed by atoms with Crippen LogP contribution in [0.5, 0.6) is 0 Å². The van der Waals surface area contributed by atoms with Gasteiger partial charge in [0.25, 0.3) is 0 Å². The lowest BCUT2D eigenvalue weighted by Crippen LogP contribution is -2.37. The first-order chi connectivity index (χ1) is 8.66. The number of aromatic nitrogens is 2. The van der Waals surface area contributed by atoms with Crippen LogP contribution in [0.3, 0.4) is 0 Å². The summed E-state index contributed by atoms with van der Waals surface area (Å²) < 4.78 is 0. The maximum atomic E-state index is 12.2. The van der Waals surface area contributed by atoms with Gasteiger partial charge in [0.2, 0.25) is 11.0 Å². The number of carbonyl (C=O) groups is 2. The molecule has 3 rings (SSSR count). The molecule has 96 valence electrons. The number of nitrogens with zero attached hydrogens (tertiary/aromatic N) is 2. The number of fused-ring (bicyclic) bond motifs is 2. The van der Waals surface area contributed by atoms with Gasteiger partial charge in [-0.15, -0.1) is 10.2 Å². The summed E-state index contributed by atoms with van der Waals surface area (Å²) in [5.74, 6) is -1.63. The number of nitrogens with one attached hydrogen (secondary N) is 1. The lowest BCUT2D eigenvalue weighted by atomic mass is 9.79. The quantitative estimate of drug-likeness (QED) is 0.859. The number of hydrogen-bond donors (Lipinski definition) is 2. The monoisotopic (exact) mass is 267 g/mol. The summed E-state index contributed by atoms with van der Waals surface area (Å²) in [6.07, 6.45) is 2.76. The first kappa shape index (κ1) is 11.6. The van der Waals surface area contributed by atoms with E-state index in [1.165, 1.54) is 16.8 Å². The zero-order chi connectivity index (χ0) is 12.7. The largest absolute Gasteiger partial charge is 0.481 e. The fraction of sp³-hybridized carbons (Fsp3) is 0.636. The van der Waals surface area contributed by atoms with E-state index in [-0.39, 0.29) is 17.7 Å². The molecule has 2 aliphatic carbocycles. The second-order valence-electron chi connectivity index (χ2n) is 4.96. The minimum Gasteiger partial charge on any atom is -0.481 e. The zero-order valence-electron chi connectivity index (χ0n) is 9.57. The number of anilines is 1. The van der Waals surface area contributed by atoms with Crippen molar-refractivity contribution in [3.63, 3.8) is 0 Å². The van der Waals surface area contributed by atoms with E-state index in [1.807, 2.05) is 0 Å². The van der Waals surface area contributed by atoms with Crippen LogP contribution < -0.4 is 5.32 Å². The summed E-state index contributed by atoms with van der Waals surface area (Å²) in [4.78, 5) is 23.5. The third kappa shape index (κ3) is 1.78. The van der Waals surface area contributed by atoms with Gasteiger partial charge in [0, 0.05) is 0 Å². The van der Waals surface area contributed by atoms with E-state index >= 15 is 0 Å². The number of rotatable bonds is 3. The van der Waals surface area contributed by atoms with Crippen molar-refractivity contribution >= 4 is 28.3 Å². The molecule has 0 radical (unpaired) electrons. The molecule has 2 bridgehead atoms. The average molecular weight is 267 g/mol. The van der Waals surface area contributed by atoms with Crippen molar-refractivity contribution in [3.8, 4) is 0 Å². The predicted molar refractivity (Wildman–Crippen MR) is 64.0 cm³/mol. The standard InChI is InChI=1S/C11H13N3O3S/c15-9(13-11-14-12-4-18-11)7-5-1-2-6(3-5)8(7)10(16)17/h4-8H,1-3H2,(H,16,17)(H,13,14,15)/t5-,6+,7-,8+/m1/s1. The van der Waals surface area contributed by atoms with Crippen LogP contribution in [-0.4, -0.2) is 27.2 Å². The summed E-state index contributed by atoms with van der Waals surface area (Å²) in [6, 6.07) is 0. The number of aliphatic carboxylic acids is 1. The van der Waals surface area contributed by atoms with Gasteiger partial charge in [0.15, 0.2) is 0 Å². The Kier molecular flexibility index (Phi) is 2.77. The van der Waals surface area contributed by atoms with E-state index in [1.54, 1.807) is 0 Å². The molecule has 1 amide bonds. The smallest absolute Gasteiger partial charge is 0.307 e. The Morgan fingerprint density at radius 3 is 2.67 bits per heavy atom. The first-order valence-corrected chi connectivity index (χ1v) is 6.84. The van der Waals surface area contributed by atoms with Gasteiger partial charge in [-0.25, -0.2) is 0 Å². The summed E-state index contributed by atoms with van der Waals surface area (Å²) in [5.41, 5.74) is 1.53. The van der Waals surface area contributed by atoms with Crippen LogP contribution in [0.4, 0.5) is 5.13 Å². The van der Waals surface area contributed by atoms with E-state index in [9.17, 15) is 14.7 Å². The molecule has 18 heavy (non-hydrogen) atoms. The number of hydrogen-bond acceptors (Lipinski definition) is 5. The Morgan fingerprint density at radius 2 is 2.06 bits per heavy atom. The molecule has 2 aliphatic rings. The number of carbonyl (C=O) groups excluding carboxylic acids is 1. The minimum atomic E-state index is -0.848. The van der Waals surface area contributed by atoms with E-state index in [4.69, 9.17) is 0 Å². The molecule has 2 fully saturated rings. The molecule has 2 saturated carbocycles. The Morgan fingerprint density at radius 1 is 1.33 bits per heavy atom. The number of carboxylic acid groups (broad SMARTS) is 1. The summed E-state index contributed by atoms with van der Waals surface area (Å²) >= 11 is 1.24. The Labute approximate surface area is 107 Å². The number of amides is 1. The van der Waals surface area contributed by atoms with E-state index in [0.29, 0.717) is 5.13 Å². The topological polar surface area (TPSA) is 92.2 Å². The zero-order valence-corrected chi connectivity index (χ0v) is 10.4. The maximum Gasteiger partial charge on any atom is 0.307 e. The van der Waals surface area contributed by atoms with Crippen molar-refractivity contribution < 1.29 is 14.7 Å². The van der Waals surface area contributed by atoms with Crippen molar-refractivity contribution in [3.05, 3.63) is 5.51 Å². The molecular weight excluding hydrogens is 254 g/mol. The highest BCUT2D eigenvalue weighted by molar-refractivity contribution is 7.13.